The second kappa shape index (κ2) is 9.51. The SMILES string of the molecule is Cc1ccc2c(=O)c(OCc3ccc(C(=O)OC(C)C)cc3)c(-c3ccccc3Cl)oc2c1. The topological polar surface area (TPSA) is 65.7 Å². The van der Waals surface area contributed by atoms with Crippen LogP contribution in [0.4, 0.5) is 0 Å². The second-order valence-electron chi connectivity index (χ2n) is 8.01. The van der Waals surface area contributed by atoms with Crippen LogP contribution >= 0.6 is 11.6 Å². The number of carbonyl (C=O) groups is 1. The standard InChI is InChI=1S/C27H23ClO5/c1-16(2)32-27(30)19-11-9-18(10-12-19)15-31-26-24(29)21-13-8-17(3)14-23(21)33-25(26)20-6-4-5-7-22(20)28/h4-14,16H,15H2,1-3H3. The zero-order chi connectivity index (χ0) is 23.5. The molecule has 0 aliphatic rings. The van der Waals surface area contributed by atoms with Gasteiger partial charge in [-0.25, -0.2) is 4.79 Å². The van der Waals surface area contributed by atoms with Crippen LogP contribution in [0, 0.1) is 6.92 Å². The molecule has 0 aliphatic carbocycles. The lowest BCUT2D eigenvalue weighted by molar-refractivity contribution is 0.0378. The molecule has 0 radical (unpaired) electrons. The molecule has 1 aromatic heterocycles. The molecule has 4 aromatic rings. The molecule has 0 spiro atoms. The Labute approximate surface area is 196 Å². The molecule has 0 atom stereocenters. The highest BCUT2D eigenvalue weighted by molar-refractivity contribution is 6.33. The van der Waals surface area contributed by atoms with Crippen LogP contribution in [-0.4, -0.2) is 12.1 Å². The van der Waals surface area contributed by atoms with Crippen molar-refractivity contribution >= 4 is 28.5 Å². The Bertz CT molecular complexity index is 1370. The Morgan fingerprint density at radius 2 is 1.76 bits per heavy atom. The molecule has 6 heteroatoms. The Balaban J connectivity index is 1.70. The number of fused-ring (bicyclic) bond motifs is 1. The van der Waals surface area contributed by atoms with Crippen molar-refractivity contribution in [1.29, 1.82) is 0 Å². The van der Waals surface area contributed by atoms with Crippen LogP contribution in [0.2, 0.25) is 5.02 Å². The van der Waals surface area contributed by atoms with Crippen LogP contribution in [-0.2, 0) is 11.3 Å². The molecule has 0 amide bonds. The smallest absolute Gasteiger partial charge is 0.338 e. The average molecular weight is 463 g/mol. The van der Waals surface area contributed by atoms with Gasteiger partial charge >= 0.3 is 5.97 Å². The lowest BCUT2D eigenvalue weighted by Crippen LogP contribution is -2.12. The van der Waals surface area contributed by atoms with E-state index in [9.17, 15) is 9.59 Å². The van der Waals surface area contributed by atoms with E-state index in [1.807, 2.05) is 31.2 Å². The van der Waals surface area contributed by atoms with Crippen molar-refractivity contribution in [3.05, 3.63) is 98.7 Å². The lowest BCUT2D eigenvalue weighted by atomic mass is 10.1. The van der Waals surface area contributed by atoms with Crippen molar-refractivity contribution < 1.29 is 18.7 Å². The number of rotatable bonds is 6. The van der Waals surface area contributed by atoms with E-state index in [0.717, 1.165) is 11.1 Å². The second-order valence-corrected chi connectivity index (χ2v) is 8.42. The quantitative estimate of drug-likeness (QED) is 0.303. The van der Waals surface area contributed by atoms with Crippen LogP contribution in [0.25, 0.3) is 22.3 Å². The summed E-state index contributed by atoms with van der Waals surface area (Å²) in [6.45, 7) is 5.64. The molecule has 0 aliphatic heterocycles. The van der Waals surface area contributed by atoms with Gasteiger partial charge in [0.2, 0.25) is 11.2 Å². The molecule has 0 saturated heterocycles. The number of esters is 1. The number of ether oxygens (including phenoxy) is 2. The summed E-state index contributed by atoms with van der Waals surface area (Å²) in [6, 6.07) is 19.4. The van der Waals surface area contributed by atoms with Crippen LogP contribution in [0.1, 0.15) is 35.3 Å². The molecule has 0 unspecified atom stereocenters. The fourth-order valence-electron chi connectivity index (χ4n) is 3.41. The number of benzene rings is 3. The van der Waals surface area contributed by atoms with Gasteiger partial charge in [0.25, 0.3) is 0 Å². The summed E-state index contributed by atoms with van der Waals surface area (Å²) < 4.78 is 17.3. The van der Waals surface area contributed by atoms with Crippen LogP contribution in [0.3, 0.4) is 0 Å². The third-order valence-corrected chi connectivity index (χ3v) is 5.37. The molecular formula is C27H23ClO5. The van der Waals surface area contributed by atoms with E-state index < -0.39 is 0 Å². The summed E-state index contributed by atoms with van der Waals surface area (Å²) >= 11 is 6.40. The van der Waals surface area contributed by atoms with E-state index >= 15 is 0 Å². The molecule has 0 bridgehead atoms. The van der Waals surface area contributed by atoms with Gasteiger partial charge in [-0.15, -0.1) is 0 Å². The molecule has 1 heterocycles. The number of aryl methyl sites for hydroxylation is 1. The van der Waals surface area contributed by atoms with Crippen molar-refractivity contribution in [1.82, 2.24) is 0 Å². The first kappa shape index (κ1) is 22.6. The van der Waals surface area contributed by atoms with Gasteiger partial charge in [0.1, 0.15) is 12.2 Å². The minimum Gasteiger partial charge on any atom is -0.481 e. The molecule has 0 N–H and O–H groups in total. The molecule has 5 nitrogen and oxygen atoms in total. The molecule has 3 aromatic carbocycles. The van der Waals surface area contributed by atoms with Crippen molar-refractivity contribution in [3.63, 3.8) is 0 Å². The molecule has 33 heavy (non-hydrogen) atoms. The Hall–Kier alpha value is -3.57. The van der Waals surface area contributed by atoms with Crippen molar-refractivity contribution in [3.8, 4) is 17.1 Å². The predicted molar refractivity (Wildman–Crippen MR) is 129 cm³/mol. The number of hydrogen-bond acceptors (Lipinski definition) is 5. The van der Waals surface area contributed by atoms with E-state index in [1.54, 1.807) is 56.3 Å². The summed E-state index contributed by atoms with van der Waals surface area (Å²) in [5.41, 5.74) is 2.97. The third kappa shape index (κ3) is 4.94. The number of carbonyl (C=O) groups excluding carboxylic acids is 1. The Morgan fingerprint density at radius 1 is 1.03 bits per heavy atom. The largest absolute Gasteiger partial charge is 0.481 e. The van der Waals surface area contributed by atoms with Gasteiger partial charge in [0.15, 0.2) is 5.76 Å². The fourth-order valence-corrected chi connectivity index (χ4v) is 3.63. The van der Waals surface area contributed by atoms with Gasteiger partial charge < -0.3 is 13.9 Å². The summed E-state index contributed by atoms with van der Waals surface area (Å²) in [4.78, 5) is 25.4. The summed E-state index contributed by atoms with van der Waals surface area (Å²) in [6.07, 6.45) is -0.195. The zero-order valence-electron chi connectivity index (χ0n) is 18.6. The van der Waals surface area contributed by atoms with Crippen LogP contribution in [0.5, 0.6) is 5.75 Å². The zero-order valence-corrected chi connectivity index (χ0v) is 19.3. The number of halogens is 1. The monoisotopic (exact) mass is 462 g/mol. The van der Waals surface area contributed by atoms with E-state index in [0.29, 0.717) is 27.1 Å². The highest BCUT2D eigenvalue weighted by Crippen LogP contribution is 2.35. The van der Waals surface area contributed by atoms with E-state index in [1.165, 1.54) is 0 Å². The predicted octanol–water partition coefficient (Wildman–Crippen LogP) is 6.57. The lowest BCUT2D eigenvalue weighted by Gasteiger charge is -2.13. The minimum absolute atomic E-state index is 0.0859. The number of hydrogen-bond donors (Lipinski definition) is 0. The first-order valence-corrected chi connectivity index (χ1v) is 11.0. The maximum Gasteiger partial charge on any atom is 0.338 e. The Morgan fingerprint density at radius 3 is 2.45 bits per heavy atom. The summed E-state index contributed by atoms with van der Waals surface area (Å²) in [5.74, 6) is -0.0208. The van der Waals surface area contributed by atoms with E-state index in [4.69, 9.17) is 25.5 Å². The molecule has 0 fully saturated rings. The van der Waals surface area contributed by atoms with Gasteiger partial charge in [0.05, 0.1) is 22.1 Å². The van der Waals surface area contributed by atoms with Gasteiger partial charge in [-0.3, -0.25) is 4.79 Å². The summed E-state index contributed by atoms with van der Waals surface area (Å²) in [7, 11) is 0. The van der Waals surface area contributed by atoms with Gasteiger partial charge in [0, 0.05) is 5.56 Å². The maximum absolute atomic E-state index is 13.3. The third-order valence-electron chi connectivity index (χ3n) is 5.04. The van der Waals surface area contributed by atoms with Gasteiger partial charge in [-0.1, -0.05) is 41.9 Å². The van der Waals surface area contributed by atoms with Crippen molar-refractivity contribution in [2.75, 3.05) is 0 Å². The first-order valence-electron chi connectivity index (χ1n) is 10.6. The van der Waals surface area contributed by atoms with Crippen LogP contribution < -0.4 is 10.2 Å². The molecule has 4 rings (SSSR count). The fraction of sp³-hybridized carbons (Fsp3) is 0.185. The van der Waals surface area contributed by atoms with Crippen molar-refractivity contribution in [2.24, 2.45) is 0 Å². The van der Waals surface area contributed by atoms with Crippen molar-refractivity contribution in [2.45, 2.75) is 33.5 Å². The highest BCUT2D eigenvalue weighted by Gasteiger charge is 2.20. The minimum atomic E-state index is -0.385. The maximum atomic E-state index is 13.3. The van der Waals surface area contributed by atoms with E-state index in [2.05, 4.69) is 0 Å². The van der Waals surface area contributed by atoms with Gasteiger partial charge in [-0.05, 0) is 68.3 Å². The highest BCUT2D eigenvalue weighted by atomic mass is 35.5. The van der Waals surface area contributed by atoms with Gasteiger partial charge in [-0.2, -0.15) is 0 Å². The molecule has 0 saturated carbocycles. The normalized spacial score (nSPS) is 11.1. The van der Waals surface area contributed by atoms with Crippen LogP contribution in [0.15, 0.2) is 75.9 Å². The van der Waals surface area contributed by atoms with E-state index in [-0.39, 0.29) is 35.6 Å². The molecular weight excluding hydrogens is 440 g/mol. The average Bonchev–Trinajstić information content (AvgIpc) is 2.78. The Kier molecular flexibility index (Phi) is 6.52. The molecule has 168 valence electrons. The summed E-state index contributed by atoms with van der Waals surface area (Å²) in [5, 5.41) is 0.878. The first-order chi connectivity index (χ1) is 15.8.